The van der Waals surface area contributed by atoms with Crippen molar-refractivity contribution in [3.63, 3.8) is 0 Å². The Bertz CT molecular complexity index is 863. The second-order valence-corrected chi connectivity index (χ2v) is 6.75. The molecule has 124 valence electrons. The minimum atomic E-state index is 0.121. The van der Waals surface area contributed by atoms with Gasteiger partial charge in [0, 0.05) is 35.9 Å². The number of carbonyl (C=O) groups excluding carboxylic acids is 1. The van der Waals surface area contributed by atoms with Gasteiger partial charge in [-0.1, -0.05) is 42.5 Å². The van der Waals surface area contributed by atoms with Crippen LogP contribution in [0.4, 0.5) is 0 Å². The summed E-state index contributed by atoms with van der Waals surface area (Å²) in [6.45, 7) is 9.15. The van der Waals surface area contributed by atoms with E-state index in [9.17, 15) is 4.79 Å². The molecule has 24 heavy (non-hydrogen) atoms. The number of aromatic nitrogens is 2. The first-order valence-corrected chi connectivity index (χ1v) is 8.89. The summed E-state index contributed by atoms with van der Waals surface area (Å²) in [5.74, 6) is 0.121. The first kappa shape index (κ1) is 16.5. The van der Waals surface area contributed by atoms with Gasteiger partial charge in [0.15, 0.2) is 4.96 Å². The number of likely N-dealkylation sites (N-methyl/N-ethyl adjacent to an activating group) is 1. The van der Waals surface area contributed by atoms with Crippen LogP contribution in [0.1, 0.15) is 19.5 Å². The molecule has 0 aliphatic rings. The lowest BCUT2D eigenvalue weighted by atomic mass is 10.2. The van der Waals surface area contributed by atoms with E-state index < -0.39 is 0 Å². The Morgan fingerprint density at radius 3 is 2.75 bits per heavy atom. The van der Waals surface area contributed by atoms with E-state index in [1.165, 1.54) is 0 Å². The van der Waals surface area contributed by atoms with Crippen LogP contribution >= 0.6 is 11.3 Å². The SMILES string of the molecule is C=C(C)CN(CC)C(=O)Cc1csc2nc(-c3ccccc3)cn12. The third-order valence-corrected chi connectivity index (χ3v) is 4.77. The zero-order valence-corrected chi connectivity index (χ0v) is 14.8. The Hall–Kier alpha value is -2.40. The lowest BCUT2D eigenvalue weighted by Crippen LogP contribution is -2.33. The van der Waals surface area contributed by atoms with Crippen LogP contribution in [0, 0.1) is 0 Å². The van der Waals surface area contributed by atoms with Crippen molar-refractivity contribution < 1.29 is 4.79 Å². The van der Waals surface area contributed by atoms with E-state index in [-0.39, 0.29) is 5.91 Å². The average Bonchev–Trinajstić information content (AvgIpc) is 3.15. The molecule has 1 aromatic carbocycles. The minimum absolute atomic E-state index is 0.121. The molecule has 2 aromatic heterocycles. The zero-order chi connectivity index (χ0) is 17.1. The van der Waals surface area contributed by atoms with Crippen molar-refractivity contribution >= 4 is 22.2 Å². The molecule has 0 aliphatic heterocycles. The van der Waals surface area contributed by atoms with Crippen molar-refractivity contribution in [3.8, 4) is 11.3 Å². The largest absolute Gasteiger partial charge is 0.339 e. The van der Waals surface area contributed by atoms with Gasteiger partial charge in [-0.25, -0.2) is 4.98 Å². The summed E-state index contributed by atoms with van der Waals surface area (Å²) in [6.07, 6.45) is 2.39. The summed E-state index contributed by atoms with van der Waals surface area (Å²) in [6, 6.07) is 10.1. The van der Waals surface area contributed by atoms with Gasteiger partial charge in [0.2, 0.25) is 5.91 Å². The standard InChI is InChI=1S/C19H21N3OS/c1-4-21(11-14(2)3)18(23)10-16-13-24-19-20-17(12-22(16)19)15-8-6-5-7-9-15/h5-9,12-13H,2,4,10-11H2,1,3H3. The summed E-state index contributed by atoms with van der Waals surface area (Å²) >= 11 is 1.57. The number of imidazole rings is 1. The summed E-state index contributed by atoms with van der Waals surface area (Å²) in [4.78, 5) is 20.0. The predicted octanol–water partition coefficient (Wildman–Crippen LogP) is 4.03. The third-order valence-electron chi connectivity index (χ3n) is 3.88. The lowest BCUT2D eigenvalue weighted by molar-refractivity contribution is -0.129. The van der Waals surface area contributed by atoms with Crippen molar-refractivity contribution in [2.24, 2.45) is 0 Å². The molecular formula is C19H21N3OS. The fourth-order valence-electron chi connectivity index (χ4n) is 2.67. The number of fused-ring (bicyclic) bond motifs is 1. The highest BCUT2D eigenvalue weighted by molar-refractivity contribution is 7.15. The maximum atomic E-state index is 12.6. The van der Waals surface area contributed by atoms with E-state index in [1.54, 1.807) is 11.3 Å². The molecule has 0 N–H and O–H groups in total. The first-order valence-electron chi connectivity index (χ1n) is 8.01. The number of hydrogen-bond acceptors (Lipinski definition) is 3. The molecule has 2 heterocycles. The Kier molecular flexibility index (Phi) is 4.81. The van der Waals surface area contributed by atoms with Gasteiger partial charge in [-0.05, 0) is 13.8 Å². The number of carbonyl (C=O) groups is 1. The van der Waals surface area contributed by atoms with Crippen LogP contribution in [0.15, 0.2) is 54.1 Å². The van der Waals surface area contributed by atoms with Crippen LogP contribution in [0.25, 0.3) is 16.2 Å². The smallest absolute Gasteiger partial charge is 0.228 e. The molecule has 0 atom stereocenters. The fraction of sp³-hybridized carbons (Fsp3) is 0.263. The Balaban J connectivity index is 1.84. The molecule has 0 fully saturated rings. The number of thiazole rings is 1. The van der Waals surface area contributed by atoms with E-state index >= 15 is 0 Å². The quantitative estimate of drug-likeness (QED) is 0.636. The predicted molar refractivity (Wildman–Crippen MR) is 99.3 cm³/mol. The van der Waals surface area contributed by atoms with Crippen LogP contribution in [0.5, 0.6) is 0 Å². The Labute approximate surface area is 146 Å². The molecule has 0 saturated carbocycles. The molecule has 3 aromatic rings. The van der Waals surface area contributed by atoms with Gasteiger partial charge in [0.05, 0.1) is 12.1 Å². The Morgan fingerprint density at radius 2 is 2.08 bits per heavy atom. The van der Waals surface area contributed by atoms with Crippen molar-refractivity contribution in [1.29, 1.82) is 0 Å². The molecule has 4 nitrogen and oxygen atoms in total. The number of amides is 1. The number of nitrogens with zero attached hydrogens (tertiary/aromatic N) is 3. The maximum Gasteiger partial charge on any atom is 0.228 e. The molecule has 0 spiro atoms. The van der Waals surface area contributed by atoms with Crippen molar-refractivity contribution in [1.82, 2.24) is 14.3 Å². The average molecular weight is 339 g/mol. The minimum Gasteiger partial charge on any atom is -0.339 e. The van der Waals surface area contributed by atoms with Gasteiger partial charge in [0.25, 0.3) is 0 Å². The van der Waals surface area contributed by atoms with E-state index in [0.717, 1.165) is 27.5 Å². The summed E-state index contributed by atoms with van der Waals surface area (Å²) in [7, 11) is 0. The van der Waals surface area contributed by atoms with Gasteiger partial charge in [-0.2, -0.15) is 0 Å². The molecule has 0 unspecified atom stereocenters. The lowest BCUT2D eigenvalue weighted by Gasteiger charge is -2.20. The Morgan fingerprint density at radius 1 is 1.33 bits per heavy atom. The molecule has 5 heteroatoms. The van der Waals surface area contributed by atoms with Gasteiger partial charge < -0.3 is 4.90 Å². The van der Waals surface area contributed by atoms with Crippen LogP contribution in [0.2, 0.25) is 0 Å². The van der Waals surface area contributed by atoms with Gasteiger partial charge in [-0.3, -0.25) is 9.20 Å². The highest BCUT2D eigenvalue weighted by Crippen LogP contribution is 2.24. The van der Waals surface area contributed by atoms with Gasteiger partial charge >= 0.3 is 0 Å². The fourth-order valence-corrected chi connectivity index (χ4v) is 3.55. The highest BCUT2D eigenvalue weighted by atomic mass is 32.1. The van der Waals surface area contributed by atoms with Gasteiger partial charge in [-0.15, -0.1) is 11.3 Å². The summed E-state index contributed by atoms with van der Waals surface area (Å²) in [5.41, 5.74) is 4.00. The topological polar surface area (TPSA) is 37.6 Å². The first-order chi connectivity index (χ1) is 11.6. The molecule has 0 saturated heterocycles. The van der Waals surface area contributed by atoms with E-state index in [0.29, 0.717) is 19.5 Å². The monoisotopic (exact) mass is 339 g/mol. The van der Waals surface area contributed by atoms with Crippen LogP contribution in [-0.4, -0.2) is 33.3 Å². The molecule has 3 rings (SSSR count). The maximum absolute atomic E-state index is 12.6. The molecule has 1 amide bonds. The number of rotatable bonds is 6. The van der Waals surface area contributed by atoms with E-state index in [2.05, 4.69) is 11.6 Å². The number of hydrogen-bond donors (Lipinski definition) is 0. The summed E-state index contributed by atoms with van der Waals surface area (Å²) < 4.78 is 2.03. The van der Waals surface area contributed by atoms with Crippen LogP contribution in [-0.2, 0) is 11.2 Å². The normalized spacial score (nSPS) is 10.9. The molecule has 0 aliphatic carbocycles. The van der Waals surface area contributed by atoms with E-state index in [1.807, 2.05) is 65.1 Å². The second-order valence-electron chi connectivity index (χ2n) is 5.91. The highest BCUT2D eigenvalue weighted by Gasteiger charge is 2.16. The summed E-state index contributed by atoms with van der Waals surface area (Å²) in [5, 5.41) is 2.02. The molecule has 0 bridgehead atoms. The third kappa shape index (κ3) is 3.41. The second kappa shape index (κ2) is 7.01. The van der Waals surface area contributed by atoms with Gasteiger partial charge in [0.1, 0.15) is 0 Å². The molecular weight excluding hydrogens is 318 g/mol. The van der Waals surface area contributed by atoms with Crippen LogP contribution < -0.4 is 0 Å². The van der Waals surface area contributed by atoms with Crippen molar-refractivity contribution in [3.05, 3.63) is 59.8 Å². The van der Waals surface area contributed by atoms with E-state index in [4.69, 9.17) is 0 Å². The van der Waals surface area contributed by atoms with Crippen molar-refractivity contribution in [2.75, 3.05) is 13.1 Å². The zero-order valence-electron chi connectivity index (χ0n) is 14.0. The van der Waals surface area contributed by atoms with Crippen LogP contribution in [0.3, 0.4) is 0 Å². The number of benzene rings is 1. The molecule has 0 radical (unpaired) electrons. The van der Waals surface area contributed by atoms with Crippen molar-refractivity contribution in [2.45, 2.75) is 20.3 Å².